The summed E-state index contributed by atoms with van der Waals surface area (Å²) >= 11 is 0. The van der Waals surface area contributed by atoms with Crippen LogP contribution >= 0.6 is 0 Å². The molecule has 1 aliphatic carbocycles. The molecule has 0 bridgehead atoms. The van der Waals surface area contributed by atoms with Crippen LogP contribution in [0.4, 0.5) is 0 Å². The Hall–Kier alpha value is -1.04. The van der Waals surface area contributed by atoms with Crippen molar-refractivity contribution in [2.24, 2.45) is 5.92 Å². The molecule has 2 unspecified atom stereocenters. The molecule has 0 amide bonds. The molecular weight excluding hydrogens is 180 g/mol. The van der Waals surface area contributed by atoms with Crippen LogP contribution in [0.2, 0.25) is 0 Å². The lowest BCUT2D eigenvalue weighted by molar-refractivity contribution is 0.428. The summed E-state index contributed by atoms with van der Waals surface area (Å²) < 4.78 is 0. The van der Waals surface area contributed by atoms with E-state index in [2.05, 4.69) is 44.7 Å². The molecule has 1 aliphatic rings. The van der Waals surface area contributed by atoms with Crippen LogP contribution in [0.5, 0.6) is 0 Å². The van der Waals surface area contributed by atoms with Gasteiger partial charge in [-0.05, 0) is 43.6 Å². The Labute approximate surface area is 93.0 Å². The SMILES string of the molecule is C=C1CCC(c2ccc(C)cc2)CC1C. The summed E-state index contributed by atoms with van der Waals surface area (Å²) in [5, 5.41) is 0. The van der Waals surface area contributed by atoms with Gasteiger partial charge in [-0.15, -0.1) is 0 Å². The fourth-order valence-corrected chi connectivity index (χ4v) is 2.46. The Kier molecular flexibility index (Phi) is 2.95. The number of benzene rings is 1. The van der Waals surface area contributed by atoms with Crippen molar-refractivity contribution in [1.29, 1.82) is 0 Å². The van der Waals surface area contributed by atoms with E-state index in [9.17, 15) is 0 Å². The van der Waals surface area contributed by atoms with Crippen molar-refractivity contribution in [3.05, 3.63) is 47.5 Å². The molecule has 0 N–H and O–H groups in total. The quantitative estimate of drug-likeness (QED) is 0.587. The fourth-order valence-electron chi connectivity index (χ4n) is 2.46. The molecule has 1 fully saturated rings. The van der Waals surface area contributed by atoms with Gasteiger partial charge in [0.2, 0.25) is 0 Å². The van der Waals surface area contributed by atoms with Crippen molar-refractivity contribution < 1.29 is 0 Å². The maximum absolute atomic E-state index is 4.14. The Morgan fingerprint density at radius 1 is 1.20 bits per heavy atom. The zero-order chi connectivity index (χ0) is 10.8. The third-order valence-corrected chi connectivity index (χ3v) is 3.70. The van der Waals surface area contributed by atoms with E-state index in [1.54, 1.807) is 0 Å². The van der Waals surface area contributed by atoms with Crippen molar-refractivity contribution in [1.82, 2.24) is 0 Å². The van der Waals surface area contributed by atoms with Crippen LogP contribution in [0.1, 0.15) is 43.2 Å². The molecule has 0 heteroatoms. The molecule has 0 nitrogen and oxygen atoms in total. The van der Waals surface area contributed by atoms with E-state index in [0.717, 1.165) is 5.92 Å². The molecule has 0 aliphatic heterocycles. The van der Waals surface area contributed by atoms with Gasteiger partial charge in [0.05, 0.1) is 0 Å². The fraction of sp³-hybridized carbons (Fsp3) is 0.467. The molecule has 1 aromatic carbocycles. The van der Waals surface area contributed by atoms with Gasteiger partial charge in [0.25, 0.3) is 0 Å². The summed E-state index contributed by atoms with van der Waals surface area (Å²) in [5.41, 5.74) is 4.31. The minimum absolute atomic E-state index is 0.699. The second-order valence-corrected chi connectivity index (χ2v) is 4.94. The van der Waals surface area contributed by atoms with Gasteiger partial charge in [-0.25, -0.2) is 0 Å². The monoisotopic (exact) mass is 200 g/mol. The highest BCUT2D eigenvalue weighted by molar-refractivity contribution is 5.26. The van der Waals surface area contributed by atoms with E-state index in [1.165, 1.54) is 36.0 Å². The molecule has 1 aromatic rings. The Morgan fingerprint density at radius 3 is 2.47 bits per heavy atom. The summed E-state index contributed by atoms with van der Waals surface area (Å²) in [4.78, 5) is 0. The highest BCUT2D eigenvalue weighted by Gasteiger charge is 2.22. The van der Waals surface area contributed by atoms with Gasteiger partial charge < -0.3 is 0 Å². The smallest absolute Gasteiger partial charge is 0.0153 e. The topological polar surface area (TPSA) is 0 Å². The van der Waals surface area contributed by atoms with Crippen LogP contribution in [-0.2, 0) is 0 Å². The molecule has 0 heterocycles. The van der Waals surface area contributed by atoms with Crippen LogP contribution in [-0.4, -0.2) is 0 Å². The molecule has 1 saturated carbocycles. The highest BCUT2D eigenvalue weighted by Crippen LogP contribution is 2.38. The molecule has 2 rings (SSSR count). The molecule has 0 aromatic heterocycles. The largest absolute Gasteiger partial charge is 0.0996 e. The van der Waals surface area contributed by atoms with Crippen molar-refractivity contribution in [3.8, 4) is 0 Å². The average Bonchev–Trinajstić information content (AvgIpc) is 2.23. The molecule has 0 spiro atoms. The van der Waals surface area contributed by atoms with Crippen molar-refractivity contribution in [2.45, 2.75) is 39.0 Å². The maximum atomic E-state index is 4.14. The Balaban J connectivity index is 2.12. The minimum Gasteiger partial charge on any atom is -0.0996 e. The van der Waals surface area contributed by atoms with Crippen LogP contribution in [0.25, 0.3) is 0 Å². The first-order chi connectivity index (χ1) is 7.16. The van der Waals surface area contributed by atoms with Gasteiger partial charge in [-0.3, -0.25) is 0 Å². The molecular formula is C15H20. The predicted octanol–water partition coefficient (Wildman–Crippen LogP) is 4.45. The molecule has 15 heavy (non-hydrogen) atoms. The number of hydrogen-bond acceptors (Lipinski definition) is 0. The second kappa shape index (κ2) is 4.22. The lowest BCUT2D eigenvalue weighted by Gasteiger charge is -2.29. The maximum Gasteiger partial charge on any atom is -0.0153 e. The first kappa shape index (κ1) is 10.5. The zero-order valence-electron chi connectivity index (χ0n) is 9.79. The van der Waals surface area contributed by atoms with E-state index in [4.69, 9.17) is 0 Å². The summed E-state index contributed by atoms with van der Waals surface area (Å²) in [6.07, 6.45) is 3.77. The summed E-state index contributed by atoms with van der Waals surface area (Å²) in [6.45, 7) is 8.59. The van der Waals surface area contributed by atoms with Gasteiger partial charge >= 0.3 is 0 Å². The highest BCUT2D eigenvalue weighted by atomic mass is 14.3. The third kappa shape index (κ3) is 2.31. The molecule has 0 saturated heterocycles. The minimum atomic E-state index is 0.699. The van der Waals surface area contributed by atoms with Gasteiger partial charge in [-0.1, -0.05) is 48.9 Å². The predicted molar refractivity (Wildman–Crippen MR) is 66.1 cm³/mol. The van der Waals surface area contributed by atoms with Gasteiger partial charge in [0.15, 0.2) is 0 Å². The summed E-state index contributed by atoms with van der Waals surface area (Å²) in [7, 11) is 0. The van der Waals surface area contributed by atoms with Gasteiger partial charge in [-0.2, -0.15) is 0 Å². The van der Waals surface area contributed by atoms with E-state index in [-0.39, 0.29) is 0 Å². The second-order valence-electron chi connectivity index (χ2n) is 4.94. The van der Waals surface area contributed by atoms with E-state index in [1.807, 2.05) is 0 Å². The number of aryl methyl sites for hydroxylation is 1. The standard InChI is InChI=1S/C15H20/c1-11-4-7-14(8-5-11)15-9-6-12(2)13(3)10-15/h4-5,7-8,13,15H,2,6,9-10H2,1,3H3. The first-order valence-electron chi connectivity index (χ1n) is 5.91. The van der Waals surface area contributed by atoms with Gasteiger partial charge in [0.1, 0.15) is 0 Å². The van der Waals surface area contributed by atoms with Crippen LogP contribution in [0.3, 0.4) is 0 Å². The lowest BCUT2D eigenvalue weighted by Crippen LogP contribution is -2.13. The average molecular weight is 200 g/mol. The normalized spacial score (nSPS) is 26.7. The van der Waals surface area contributed by atoms with Crippen molar-refractivity contribution in [3.63, 3.8) is 0 Å². The molecule has 2 atom stereocenters. The first-order valence-corrected chi connectivity index (χ1v) is 5.91. The summed E-state index contributed by atoms with van der Waals surface area (Å²) in [6, 6.07) is 9.04. The van der Waals surface area contributed by atoms with Crippen LogP contribution < -0.4 is 0 Å². The van der Waals surface area contributed by atoms with Crippen molar-refractivity contribution in [2.75, 3.05) is 0 Å². The van der Waals surface area contributed by atoms with Crippen molar-refractivity contribution >= 4 is 0 Å². The number of rotatable bonds is 1. The number of allylic oxidation sites excluding steroid dienone is 1. The Bertz CT molecular complexity index is 345. The van der Waals surface area contributed by atoms with E-state index in [0.29, 0.717) is 5.92 Å². The van der Waals surface area contributed by atoms with Gasteiger partial charge in [0, 0.05) is 0 Å². The third-order valence-electron chi connectivity index (χ3n) is 3.70. The van der Waals surface area contributed by atoms with Crippen LogP contribution in [0.15, 0.2) is 36.4 Å². The lowest BCUT2D eigenvalue weighted by atomic mass is 9.76. The van der Waals surface area contributed by atoms with Crippen LogP contribution in [0, 0.1) is 12.8 Å². The zero-order valence-corrected chi connectivity index (χ0v) is 9.79. The molecule has 0 radical (unpaired) electrons. The Morgan fingerprint density at radius 2 is 1.87 bits per heavy atom. The number of hydrogen-bond donors (Lipinski definition) is 0. The van der Waals surface area contributed by atoms with E-state index >= 15 is 0 Å². The van der Waals surface area contributed by atoms with E-state index < -0.39 is 0 Å². The summed E-state index contributed by atoms with van der Waals surface area (Å²) in [5.74, 6) is 1.45. The molecule has 80 valence electrons.